The van der Waals surface area contributed by atoms with Gasteiger partial charge in [0, 0.05) is 32.7 Å². The summed E-state index contributed by atoms with van der Waals surface area (Å²) in [7, 11) is 0. The predicted molar refractivity (Wildman–Crippen MR) is 107 cm³/mol. The van der Waals surface area contributed by atoms with Gasteiger partial charge in [0.15, 0.2) is 0 Å². The highest BCUT2D eigenvalue weighted by Crippen LogP contribution is 2.20. The Morgan fingerprint density at radius 3 is 2.33 bits per heavy atom. The Bertz CT molecular complexity index is 729. The van der Waals surface area contributed by atoms with Gasteiger partial charge in [0.2, 0.25) is 5.91 Å². The normalized spacial score (nSPS) is 14.6. The summed E-state index contributed by atoms with van der Waals surface area (Å²) in [5.41, 5.74) is 1.85. The minimum atomic E-state index is -0.200. The Morgan fingerprint density at radius 2 is 1.67 bits per heavy atom. The second kappa shape index (κ2) is 9.51. The number of piperazine rings is 1. The van der Waals surface area contributed by atoms with Gasteiger partial charge in [-0.05, 0) is 30.7 Å². The van der Waals surface area contributed by atoms with Gasteiger partial charge in [0.05, 0.1) is 12.2 Å². The highest BCUT2D eigenvalue weighted by Gasteiger charge is 2.23. The third kappa shape index (κ3) is 5.30. The fraction of sp³-hybridized carbons (Fsp3) is 0.409. The average Bonchev–Trinajstić information content (AvgIpc) is 2.69. The van der Waals surface area contributed by atoms with Crippen LogP contribution in [0.1, 0.15) is 18.9 Å². The van der Waals surface area contributed by atoms with Crippen LogP contribution in [0.3, 0.4) is 0 Å². The summed E-state index contributed by atoms with van der Waals surface area (Å²) >= 11 is 0. The van der Waals surface area contributed by atoms with Crippen molar-refractivity contribution in [1.29, 1.82) is 0 Å². The van der Waals surface area contributed by atoms with Crippen molar-refractivity contribution in [3.05, 3.63) is 66.0 Å². The number of carbonyl (C=O) groups excluding carboxylic acids is 1. The molecule has 2 aromatic carbocycles. The molecule has 27 heavy (non-hydrogen) atoms. The number of nitrogens with zero attached hydrogens (tertiary/aromatic N) is 3. The molecule has 0 unspecified atom stereocenters. The molecule has 0 saturated carbocycles. The molecule has 1 aliphatic heterocycles. The number of hydrogen-bond donors (Lipinski definition) is 0. The van der Waals surface area contributed by atoms with Gasteiger partial charge in [-0.3, -0.25) is 9.69 Å². The van der Waals surface area contributed by atoms with E-state index in [0.717, 1.165) is 19.5 Å². The van der Waals surface area contributed by atoms with Crippen molar-refractivity contribution in [2.75, 3.05) is 44.2 Å². The van der Waals surface area contributed by atoms with Crippen LogP contribution in [0, 0.1) is 5.82 Å². The molecule has 0 spiro atoms. The lowest BCUT2D eigenvalue weighted by molar-refractivity contribution is -0.132. The van der Waals surface area contributed by atoms with E-state index in [2.05, 4.69) is 24.0 Å². The summed E-state index contributed by atoms with van der Waals surface area (Å²) in [6.07, 6.45) is 1.02. The first-order valence-electron chi connectivity index (χ1n) is 9.71. The molecule has 0 bridgehead atoms. The van der Waals surface area contributed by atoms with E-state index in [9.17, 15) is 9.18 Å². The van der Waals surface area contributed by atoms with E-state index in [1.807, 2.05) is 34.1 Å². The van der Waals surface area contributed by atoms with Crippen molar-refractivity contribution < 1.29 is 9.18 Å². The number of carbonyl (C=O) groups is 1. The number of hydrogen-bond acceptors (Lipinski definition) is 3. The zero-order valence-corrected chi connectivity index (χ0v) is 16.0. The number of halogens is 1. The molecule has 2 aromatic rings. The molecule has 0 aromatic heterocycles. The zero-order valence-electron chi connectivity index (χ0n) is 16.0. The van der Waals surface area contributed by atoms with Gasteiger partial charge in [-0.2, -0.15) is 0 Å². The van der Waals surface area contributed by atoms with E-state index >= 15 is 0 Å². The van der Waals surface area contributed by atoms with E-state index in [1.165, 1.54) is 11.6 Å². The molecule has 0 radical (unpaired) electrons. The van der Waals surface area contributed by atoms with Crippen LogP contribution >= 0.6 is 0 Å². The molecule has 1 amide bonds. The standard InChI is InChI=1S/C22H28FN3O/c1-2-12-24(17-19-8-4-3-5-9-19)18-22(27)26-15-13-25(14-16-26)21-11-7-6-10-20(21)23/h3-11H,2,12-18H2,1H3. The second-order valence-corrected chi connectivity index (χ2v) is 7.02. The Labute approximate surface area is 161 Å². The fourth-order valence-corrected chi connectivity index (χ4v) is 3.57. The van der Waals surface area contributed by atoms with Crippen LogP contribution in [-0.2, 0) is 11.3 Å². The van der Waals surface area contributed by atoms with Crippen molar-refractivity contribution in [1.82, 2.24) is 9.80 Å². The monoisotopic (exact) mass is 369 g/mol. The molecule has 144 valence electrons. The van der Waals surface area contributed by atoms with Crippen molar-refractivity contribution in [2.24, 2.45) is 0 Å². The average molecular weight is 369 g/mol. The van der Waals surface area contributed by atoms with Gasteiger partial charge in [-0.15, -0.1) is 0 Å². The van der Waals surface area contributed by atoms with Crippen LogP contribution < -0.4 is 4.90 Å². The second-order valence-electron chi connectivity index (χ2n) is 7.02. The summed E-state index contributed by atoms with van der Waals surface area (Å²) in [4.78, 5) is 18.9. The maximum absolute atomic E-state index is 14.0. The van der Waals surface area contributed by atoms with Crippen molar-refractivity contribution in [2.45, 2.75) is 19.9 Å². The van der Waals surface area contributed by atoms with Gasteiger partial charge in [-0.25, -0.2) is 4.39 Å². The van der Waals surface area contributed by atoms with Crippen molar-refractivity contribution >= 4 is 11.6 Å². The fourth-order valence-electron chi connectivity index (χ4n) is 3.57. The molecule has 0 aliphatic carbocycles. The minimum Gasteiger partial charge on any atom is -0.366 e. The van der Waals surface area contributed by atoms with Gasteiger partial charge < -0.3 is 9.80 Å². The van der Waals surface area contributed by atoms with Crippen LogP contribution in [0.25, 0.3) is 0 Å². The lowest BCUT2D eigenvalue weighted by Gasteiger charge is -2.37. The maximum atomic E-state index is 14.0. The molecule has 5 heteroatoms. The smallest absolute Gasteiger partial charge is 0.236 e. The summed E-state index contributed by atoms with van der Waals surface area (Å²) < 4.78 is 14.0. The molecular weight excluding hydrogens is 341 g/mol. The van der Waals surface area contributed by atoms with Gasteiger partial charge in [0.1, 0.15) is 5.82 Å². The maximum Gasteiger partial charge on any atom is 0.236 e. The first-order valence-corrected chi connectivity index (χ1v) is 9.71. The number of anilines is 1. The summed E-state index contributed by atoms with van der Waals surface area (Å²) in [6, 6.07) is 17.1. The number of amides is 1. The van der Waals surface area contributed by atoms with E-state index < -0.39 is 0 Å². The number of rotatable bonds is 7. The Kier molecular flexibility index (Phi) is 6.82. The topological polar surface area (TPSA) is 26.8 Å². The molecule has 4 nitrogen and oxygen atoms in total. The third-order valence-corrected chi connectivity index (χ3v) is 4.97. The van der Waals surface area contributed by atoms with Crippen LogP contribution in [0.4, 0.5) is 10.1 Å². The van der Waals surface area contributed by atoms with Gasteiger partial charge in [-0.1, -0.05) is 49.4 Å². The summed E-state index contributed by atoms with van der Waals surface area (Å²) in [6.45, 7) is 6.86. The Morgan fingerprint density at radius 1 is 1.00 bits per heavy atom. The number of benzene rings is 2. The molecule has 0 N–H and O–H groups in total. The quantitative estimate of drug-likeness (QED) is 0.749. The predicted octanol–water partition coefficient (Wildman–Crippen LogP) is 3.39. The molecular formula is C22H28FN3O. The highest BCUT2D eigenvalue weighted by molar-refractivity contribution is 5.78. The third-order valence-electron chi connectivity index (χ3n) is 4.97. The molecule has 1 heterocycles. The molecule has 1 fully saturated rings. The van der Waals surface area contributed by atoms with Crippen LogP contribution in [0.15, 0.2) is 54.6 Å². The number of para-hydroxylation sites is 1. The Hall–Kier alpha value is -2.40. The highest BCUT2D eigenvalue weighted by atomic mass is 19.1. The van der Waals surface area contributed by atoms with E-state index in [1.54, 1.807) is 12.1 Å². The summed E-state index contributed by atoms with van der Waals surface area (Å²) in [5, 5.41) is 0. The van der Waals surface area contributed by atoms with Crippen molar-refractivity contribution in [3.63, 3.8) is 0 Å². The molecule has 0 atom stereocenters. The van der Waals surface area contributed by atoms with E-state index in [0.29, 0.717) is 38.4 Å². The van der Waals surface area contributed by atoms with Gasteiger partial charge in [0.25, 0.3) is 0 Å². The Balaban J connectivity index is 1.54. The first kappa shape index (κ1) is 19.4. The molecule has 1 saturated heterocycles. The lowest BCUT2D eigenvalue weighted by atomic mass is 10.2. The largest absolute Gasteiger partial charge is 0.366 e. The van der Waals surface area contributed by atoms with E-state index in [4.69, 9.17) is 0 Å². The van der Waals surface area contributed by atoms with Crippen LogP contribution in [0.2, 0.25) is 0 Å². The zero-order chi connectivity index (χ0) is 19.1. The molecule has 1 aliphatic rings. The SMILES string of the molecule is CCCN(CC(=O)N1CCN(c2ccccc2F)CC1)Cc1ccccc1. The van der Waals surface area contributed by atoms with Gasteiger partial charge >= 0.3 is 0 Å². The minimum absolute atomic E-state index is 0.160. The molecule has 3 rings (SSSR count). The van der Waals surface area contributed by atoms with E-state index in [-0.39, 0.29) is 11.7 Å². The van der Waals surface area contributed by atoms with Crippen molar-refractivity contribution in [3.8, 4) is 0 Å². The van der Waals surface area contributed by atoms with Crippen LogP contribution in [0.5, 0.6) is 0 Å². The summed E-state index contributed by atoms with van der Waals surface area (Å²) in [5.74, 6) is -0.0400. The lowest BCUT2D eigenvalue weighted by Crippen LogP contribution is -2.51. The van der Waals surface area contributed by atoms with Crippen LogP contribution in [-0.4, -0.2) is 55.0 Å². The first-order chi connectivity index (χ1) is 13.2.